The summed E-state index contributed by atoms with van der Waals surface area (Å²) < 4.78 is 36.3. The Labute approximate surface area is 151 Å². The number of amides is 1. The fraction of sp³-hybridized carbons (Fsp3) is 0.176. The molecule has 0 aliphatic rings. The highest BCUT2D eigenvalue weighted by Gasteiger charge is 2.16. The van der Waals surface area contributed by atoms with E-state index >= 15 is 0 Å². The molecular weight excluding hydrogens is 366 g/mol. The van der Waals surface area contributed by atoms with E-state index in [1.807, 2.05) is 0 Å². The smallest absolute Gasteiger partial charge is 0.310 e. The zero-order chi connectivity index (χ0) is 20.0. The van der Waals surface area contributed by atoms with E-state index < -0.39 is 40.7 Å². The summed E-state index contributed by atoms with van der Waals surface area (Å²) in [5.74, 6) is -3.21. The van der Waals surface area contributed by atoms with Crippen LogP contribution in [0.2, 0.25) is 0 Å². The normalized spacial score (nSPS) is 10.2. The molecule has 8 nitrogen and oxygen atoms in total. The highest BCUT2D eigenvalue weighted by molar-refractivity contribution is 5.93. The average molecular weight is 380 g/mol. The van der Waals surface area contributed by atoms with E-state index in [0.29, 0.717) is 5.56 Å². The molecule has 10 heteroatoms. The molecule has 0 saturated heterocycles. The number of benzene rings is 2. The van der Waals surface area contributed by atoms with Gasteiger partial charge in [0.1, 0.15) is 0 Å². The van der Waals surface area contributed by atoms with Gasteiger partial charge >= 0.3 is 11.7 Å². The molecule has 142 valence electrons. The standard InChI is InChI=1S/C17H14F2N2O6/c1-26-15-5-2-10(6-13(15)19)7-17(23)27-9-16(22)20-11-3-4-12(18)14(8-11)21(24)25/h2-6,8H,7,9H2,1H3,(H,20,22). The number of methoxy groups -OCH3 is 1. The first-order valence-corrected chi connectivity index (χ1v) is 7.52. The van der Waals surface area contributed by atoms with Gasteiger partial charge in [0.15, 0.2) is 18.2 Å². The maximum atomic E-state index is 13.6. The van der Waals surface area contributed by atoms with Gasteiger partial charge in [-0.1, -0.05) is 6.07 Å². The minimum Gasteiger partial charge on any atom is -0.494 e. The van der Waals surface area contributed by atoms with Gasteiger partial charge in [-0.2, -0.15) is 4.39 Å². The number of hydrogen-bond acceptors (Lipinski definition) is 6. The van der Waals surface area contributed by atoms with Crippen LogP contribution in [0.5, 0.6) is 5.75 Å². The number of carbonyl (C=O) groups excluding carboxylic acids is 2. The Hall–Kier alpha value is -3.56. The lowest BCUT2D eigenvalue weighted by Gasteiger charge is -2.08. The van der Waals surface area contributed by atoms with Crippen LogP contribution in [0.1, 0.15) is 5.56 Å². The number of esters is 1. The van der Waals surface area contributed by atoms with E-state index in [-0.39, 0.29) is 17.9 Å². The fourth-order valence-electron chi connectivity index (χ4n) is 2.11. The molecule has 0 aliphatic carbocycles. The second-order valence-corrected chi connectivity index (χ2v) is 5.28. The molecule has 1 amide bonds. The number of carbonyl (C=O) groups is 2. The molecule has 27 heavy (non-hydrogen) atoms. The molecule has 0 unspecified atom stereocenters. The monoisotopic (exact) mass is 380 g/mol. The highest BCUT2D eigenvalue weighted by Crippen LogP contribution is 2.21. The summed E-state index contributed by atoms with van der Waals surface area (Å²) in [6.45, 7) is -0.664. The number of nitrogens with one attached hydrogen (secondary N) is 1. The number of halogens is 2. The van der Waals surface area contributed by atoms with Gasteiger partial charge in [-0.25, -0.2) is 4.39 Å². The molecule has 0 bridgehead atoms. The van der Waals surface area contributed by atoms with E-state index in [4.69, 9.17) is 9.47 Å². The van der Waals surface area contributed by atoms with Crippen molar-refractivity contribution in [3.05, 3.63) is 63.7 Å². The Morgan fingerprint density at radius 1 is 1.15 bits per heavy atom. The first-order valence-electron chi connectivity index (χ1n) is 7.52. The van der Waals surface area contributed by atoms with Gasteiger partial charge < -0.3 is 14.8 Å². The Kier molecular flexibility index (Phi) is 6.36. The molecule has 2 aromatic carbocycles. The Morgan fingerprint density at radius 3 is 2.52 bits per heavy atom. The lowest BCUT2D eigenvalue weighted by Crippen LogP contribution is -2.21. The van der Waals surface area contributed by atoms with Crippen molar-refractivity contribution < 1.29 is 32.8 Å². The van der Waals surface area contributed by atoms with Gasteiger partial charge in [-0.15, -0.1) is 0 Å². The molecule has 1 N–H and O–H groups in total. The topological polar surface area (TPSA) is 108 Å². The van der Waals surface area contributed by atoms with Gasteiger partial charge in [0.05, 0.1) is 18.5 Å². The van der Waals surface area contributed by atoms with Gasteiger partial charge in [0.2, 0.25) is 5.82 Å². The van der Waals surface area contributed by atoms with E-state index in [1.165, 1.54) is 19.2 Å². The predicted molar refractivity (Wildman–Crippen MR) is 89.3 cm³/mol. The van der Waals surface area contributed by atoms with E-state index in [0.717, 1.165) is 24.3 Å². The van der Waals surface area contributed by atoms with E-state index in [9.17, 15) is 28.5 Å². The lowest BCUT2D eigenvalue weighted by molar-refractivity contribution is -0.387. The molecule has 2 rings (SSSR count). The first-order chi connectivity index (χ1) is 12.8. The fourth-order valence-corrected chi connectivity index (χ4v) is 2.11. The van der Waals surface area contributed by atoms with Crippen molar-refractivity contribution in [3.8, 4) is 5.75 Å². The van der Waals surface area contributed by atoms with Crippen LogP contribution in [0.3, 0.4) is 0 Å². The van der Waals surface area contributed by atoms with Crippen LogP contribution in [0, 0.1) is 21.7 Å². The highest BCUT2D eigenvalue weighted by atomic mass is 19.1. The quantitative estimate of drug-likeness (QED) is 0.449. The molecule has 0 fully saturated rings. The van der Waals surface area contributed by atoms with Crippen molar-refractivity contribution in [3.63, 3.8) is 0 Å². The molecule has 0 spiro atoms. The van der Waals surface area contributed by atoms with Crippen LogP contribution in [0.15, 0.2) is 36.4 Å². The molecule has 0 aliphatic heterocycles. The number of anilines is 1. The number of hydrogen-bond donors (Lipinski definition) is 1. The largest absolute Gasteiger partial charge is 0.494 e. The van der Waals surface area contributed by atoms with Crippen molar-refractivity contribution >= 4 is 23.3 Å². The number of ether oxygens (including phenoxy) is 2. The Morgan fingerprint density at radius 2 is 1.89 bits per heavy atom. The summed E-state index contributed by atoms with van der Waals surface area (Å²) in [5, 5.41) is 12.9. The summed E-state index contributed by atoms with van der Waals surface area (Å²) >= 11 is 0. The van der Waals surface area contributed by atoms with Crippen LogP contribution < -0.4 is 10.1 Å². The number of nitrogens with zero attached hydrogens (tertiary/aromatic N) is 1. The SMILES string of the molecule is COc1ccc(CC(=O)OCC(=O)Nc2ccc(F)c([N+](=O)[O-])c2)cc1F. The van der Waals surface area contributed by atoms with Gasteiger partial charge in [0, 0.05) is 11.8 Å². The molecule has 0 aromatic heterocycles. The van der Waals surface area contributed by atoms with Crippen LogP contribution in [0.25, 0.3) is 0 Å². The second kappa shape index (κ2) is 8.70. The summed E-state index contributed by atoms with van der Waals surface area (Å²) in [5.41, 5.74) is -0.499. The third-order valence-electron chi connectivity index (χ3n) is 3.36. The van der Waals surface area contributed by atoms with Crippen LogP contribution in [-0.2, 0) is 20.7 Å². The van der Waals surface area contributed by atoms with Crippen LogP contribution >= 0.6 is 0 Å². The summed E-state index contributed by atoms with van der Waals surface area (Å²) in [4.78, 5) is 33.2. The van der Waals surface area contributed by atoms with Crippen molar-refractivity contribution in [2.24, 2.45) is 0 Å². The third kappa shape index (κ3) is 5.46. The van der Waals surface area contributed by atoms with Crippen molar-refractivity contribution in [2.75, 3.05) is 19.0 Å². The summed E-state index contributed by atoms with van der Waals surface area (Å²) in [6, 6.07) is 6.74. The summed E-state index contributed by atoms with van der Waals surface area (Å²) in [7, 11) is 1.31. The summed E-state index contributed by atoms with van der Waals surface area (Å²) in [6.07, 6.45) is -0.268. The molecule has 0 saturated carbocycles. The zero-order valence-electron chi connectivity index (χ0n) is 14.0. The first kappa shape index (κ1) is 19.8. The molecule has 0 radical (unpaired) electrons. The lowest BCUT2D eigenvalue weighted by atomic mass is 10.1. The predicted octanol–water partition coefficient (Wildman–Crippen LogP) is 2.61. The number of nitro groups is 1. The maximum absolute atomic E-state index is 13.6. The van der Waals surface area contributed by atoms with Gasteiger partial charge in [0.25, 0.3) is 5.91 Å². The maximum Gasteiger partial charge on any atom is 0.310 e. The Bertz CT molecular complexity index is 888. The minimum absolute atomic E-state index is 0.0265. The number of nitro benzene ring substituents is 1. The van der Waals surface area contributed by atoms with Crippen LogP contribution in [0.4, 0.5) is 20.2 Å². The van der Waals surface area contributed by atoms with Crippen molar-refractivity contribution in [1.29, 1.82) is 0 Å². The molecular formula is C17H14F2N2O6. The van der Waals surface area contributed by atoms with Crippen LogP contribution in [-0.4, -0.2) is 30.5 Å². The molecule has 2 aromatic rings. The average Bonchev–Trinajstić information content (AvgIpc) is 2.61. The minimum atomic E-state index is -1.05. The molecule has 0 heterocycles. The molecule has 0 atom stereocenters. The van der Waals surface area contributed by atoms with E-state index in [1.54, 1.807) is 0 Å². The van der Waals surface area contributed by atoms with E-state index in [2.05, 4.69) is 5.32 Å². The number of rotatable bonds is 7. The van der Waals surface area contributed by atoms with Gasteiger partial charge in [-0.05, 0) is 29.8 Å². The van der Waals surface area contributed by atoms with Crippen molar-refractivity contribution in [1.82, 2.24) is 0 Å². The zero-order valence-corrected chi connectivity index (χ0v) is 14.0. The second-order valence-electron chi connectivity index (χ2n) is 5.28. The Balaban J connectivity index is 1.88. The van der Waals surface area contributed by atoms with Gasteiger partial charge in [-0.3, -0.25) is 19.7 Å². The third-order valence-corrected chi connectivity index (χ3v) is 3.36. The van der Waals surface area contributed by atoms with Crippen molar-refractivity contribution in [2.45, 2.75) is 6.42 Å².